The van der Waals surface area contributed by atoms with Gasteiger partial charge in [-0.25, -0.2) is 9.97 Å². The third-order valence-corrected chi connectivity index (χ3v) is 6.46. The minimum absolute atomic E-state index is 0.0261. The summed E-state index contributed by atoms with van der Waals surface area (Å²) < 4.78 is 41.6. The van der Waals surface area contributed by atoms with Crippen LogP contribution in [0, 0.1) is 6.92 Å². The first kappa shape index (κ1) is 18.2. The Labute approximate surface area is 160 Å². The molecule has 0 radical (unpaired) electrons. The van der Waals surface area contributed by atoms with Crippen molar-refractivity contribution in [3.05, 3.63) is 32.8 Å². The molecule has 4 rings (SSSR count). The number of aromatic nitrogens is 2. The molecule has 1 aliphatic carbocycles. The number of nitrogens with one attached hydrogen (secondary N) is 1. The number of nitrogen functional groups attached to an aromatic ring is 1. The molecule has 0 saturated heterocycles. The fourth-order valence-corrected chi connectivity index (χ4v) is 5.06. The minimum Gasteiger partial charge on any atom is -0.397 e. The summed E-state index contributed by atoms with van der Waals surface area (Å²) in [6.45, 7) is 1.78. The Morgan fingerprint density at radius 3 is 2.67 bits per heavy atom. The molecule has 142 valence electrons. The van der Waals surface area contributed by atoms with Crippen molar-refractivity contribution in [1.82, 2.24) is 9.97 Å². The number of anilines is 2. The van der Waals surface area contributed by atoms with Gasteiger partial charge >= 0.3 is 6.18 Å². The van der Waals surface area contributed by atoms with Crippen LogP contribution in [-0.2, 0) is 19.0 Å². The zero-order chi connectivity index (χ0) is 19.3. The SMILES string of the molecule is Cc1csc(NC(=O)c2sc3nc4c(c(C(F)(F)F)c3c2N)CCCC4)n1. The molecule has 1 amide bonds. The van der Waals surface area contributed by atoms with Gasteiger partial charge in [-0.3, -0.25) is 10.1 Å². The molecule has 0 unspecified atom stereocenters. The van der Waals surface area contributed by atoms with Gasteiger partial charge in [0.2, 0.25) is 0 Å². The van der Waals surface area contributed by atoms with Crippen LogP contribution in [0.4, 0.5) is 24.0 Å². The summed E-state index contributed by atoms with van der Waals surface area (Å²) in [4.78, 5) is 21.3. The van der Waals surface area contributed by atoms with Gasteiger partial charge in [-0.2, -0.15) is 13.2 Å². The van der Waals surface area contributed by atoms with Crippen LogP contribution in [0.25, 0.3) is 10.2 Å². The highest BCUT2D eigenvalue weighted by Gasteiger charge is 2.39. The molecule has 0 saturated carbocycles. The molecule has 0 aliphatic heterocycles. The van der Waals surface area contributed by atoms with E-state index in [-0.39, 0.29) is 26.3 Å². The second-order valence-electron chi connectivity index (χ2n) is 6.39. The first-order valence-electron chi connectivity index (χ1n) is 8.30. The van der Waals surface area contributed by atoms with Crippen molar-refractivity contribution >= 4 is 49.6 Å². The monoisotopic (exact) mass is 412 g/mol. The van der Waals surface area contributed by atoms with Crippen molar-refractivity contribution < 1.29 is 18.0 Å². The number of thiophene rings is 1. The molecule has 27 heavy (non-hydrogen) atoms. The van der Waals surface area contributed by atoms with E-state index < -0.39 is 17.6 Å². The molecule has 3 aromatic heterocycles. The van der Waals surface area contributed by atoms with Crippen LogP contribution in [0.15, 0.2) is 5.38 Å². The molecule has 0 atom stereocenters. The number of amides is 1. The quantitative estimate of drug-likeness (QED) is 0.634. The fourth-order valence-electron chi connectivity index (χ4n) is 3.35. The molecule has 10 heteroatoms. The molecule has 5 nitrogen and oxygen atoms in total. The van der Waals surface area contributed by atoms with Gasteiger partial charge in [0.1, 0.15) is 9.71 Å². The van der Waals surface area contributed by atoms with Gasteiger partial charge in [0.15, 0.2) is 5.13 Å². The minimum atomic E-state index is -4.56. The van der Waals surface area contributed by atoms with E-state index in [2.05, 4.69) is 15.3 Å². The van der Waals surface area contributed by atoms with E-state index >= 15 is 0 Å². The van der Waals surface area contributed by atoms with E-state index in [0.717, 1.165) is 23.5 Å². The van der Waals surface area contributed by atoms with Crippen LogP contribution >= 0.6 is 22.7 Å². The number of hydrogen-bond acceptors (Lipinski definition) is 6. The third kappa shape index (κ3) is 3.16. The standard InChI is InChI=1S/C17H15F3N4OS2/c1-7-6-26-16(22-7)24-14(25)13-12(21)10-11(17(18,19)20)8-4-2-3-5-9(8)23-15(10)27-13/h6H,2-5,21H2,1H3,(H,22,24,25). The molecular weight excluding hydrogens is 397 g/mol. The molecule has 3 aromatic rings. The number of halogens is 3. The molecule has 0 spiro atoms. The lowest BCUT2D eigenvalue weighted by molar-refractivity contribution is -0.137. The number of aryl methyl sites for hydroxylation is 2. The van der Waals surface area contributed by atoms with Crippen molar-refractivity contribution in [1.29, 1.82) is 0 Å². The number of carbonyl (C=O) groups excluding carboxylic acids is 1. The van der Waals surface area contributed by atoms with E-state index in [9.17, 15) is 18.0 Å². The molecule has 3 N–H and O–H groups in total. The number of alkyl halides is 3. The summed E-state index contributed by atoms with van der Waals surface area (Å²) >= 11 is 2.13. The number of hydrogen-bond donors (Lipinski definition) is 2. The Hall–Kier alpha value is -2.20. The predicted molar refractivity (Wildman–Crippen MR) is 100 cm³/mol. The van der Waals surface area contributed by atoms with Gasteiger partial charge in [0.25, 0.3) is 5.91 Å². The number of carbonyl (C=O) groups is 1. The Balaban J connectivity index is 1.87. The highest BCUT2D eigenvalue weighted by Crippen LogP contribution is 2.45. The number of nitrogens with zero attached hydrogens (tertiary/aromatic N) is 2. The Morgan fingerprint density at radius 2 is 2.00 bits per heavy atom. The zero-order valence-corrected chi connectivity index (χ0v) is 15.9. The number of thiazole rings is 1. The Bertz CT molecular complexity index is 1050. The maximum atomic E-state index is 13.9. The molecule has 3 heterocycles. The second-order valence-corrected chi connectivity index (χ2v) is 8.25. The van der Waals surface area contributed by atoms with E-state index in [1.807, 2.05) is 0 Å². The van der Waals surface area contributed by atoms with Gasteiger partial charge in [0.05, 0.1) is 16.9 Å². The maximum absolute atomic E-state index is 13.9. The van der Waals surface area contributed by atoms with Crippen molar-refractivity contribution in [3.63, 3.8) is 0 Å². The summed E-state index contributed by atoms with van der Waals surface area (Å²) in [5.41, 5.74) is 6.54. The van der Waals surface area contributed by atoms with Crippen LogP contribution in [0.2, 0.25) is 0 Å². The molecular formula is C17H15F3N4OS2. The number of rotatable bonds is 2. The van der Waals surface area contributed by atoms with E-state index in [0.29, 0.717) is 30.1 Å². The van der Waals surface area contributed by atoms with Crippen LogP contribution in [0.1, 0.15) is 45.0 Å². The Kier molecular flexibility index (Phi) is 4.34. The summed E-state index contributed by atoms with van der Waals surface area (Å²) in [6.07, 6.45) is -2.24. The zero-order valence-electron chi connectivity index (χ0n) is 14.2. The number of pyridine rings is 1. The van der Waals surface area contributed by atoms with Crippen LogP contribution < -0.4 is 11.1 Å². The first-order valence-corrected chi connectivity index (χ1v) is 9.99. The lowest BCUT2D eigenvalue weighted by atomic mass is 9.90. The van der Waals surface area contributed by atoms with Crippen molar-refractivity contribution in [2.24, 2.45) is 0 Å². The van der Waals surface area contributed by atoms with Gasteiger partial charge in [-0.1, -0.05) is 0 Å². The lowest BCUT2D eigenvalue weighted by Gasteiger charge is -2.21. The highest BCUT2D eigenvalue weighted by atomic mass is 32.1. The van der Waals surface area contributed by atoms with Crippen molar-refractivity contribution in [2.45, 2.75) is 38.8 Å². The smallest absolute Gasteiger partial charge is 0.397 e. The summed E-state index contributed by atoms with van der Waals surface area (Å²) in [6, 6.07) is 0. The van der Waals surface area contributed by atoms with Crippen LogP contribution in [0.5, 0.6) is 0 Å². The largest absolute Gasteiger partial charge is 0.417 e. The summed E-state index contributed by atoms with van der Waals surface area (Å²) in [7, 11) is 0. The second kappa shape index (κ2) is 6.45. The maximum Gasteiger partial charge on any atom is 0.417 e. The number of fused-ring (bicyclic) bond motifs is 2. The normalized spacial score (nSPS) is 14.4. The van der Waals surface area contributed by atoms with Gasteiger partial charge in [0, 0.05) is 16.5 Å². The van der Waals surface area contributed by atoms with Gasteiger partial charge in [-0.05, 0) is 38.2 Å². The lowest BCUT2D eigenvalue weighted by Crippen LogP contribution is -2.17. The highest BCUT2D eigenvalue weighted by molar-refractivity contribution is 7.21. The third-order valence-electron chi connectivity index (χ3n) is 4.48. The van der Waals surface area contributed by atoms with Crippen LogP contribution in [0.3, 0.4) is 0 Å². The Morgan fingerprint density at radius 1 is 1.26 bits per heavy atom. The molecule has 0 fully saturated rings. The number of nitrogens with two attached hydrogens (primary N) is 1. The summed E-state index contributed by atoms with van der Waals surface area (Å²) in [5, 5.41) is 4.58. The first-order chi connectivity index (χ1) is 12.8. The average molecular weight is 412 g/mol. The predicted octanol–water partition coefficient (Wildman–Crippen LogP) is 4.79. The molecule has 0 bridgehead atoms. The molecule has 1 aliphatic rings. The van der Waals surface area contributed by atoms with Gasteiger partial charge in [-0.15, -0.1) is 22.7 Å². The van der Waals surface area contributed by atoms with E-state index in [1.54, 1.807) is 12.3 Å². The molecule has 0 aromatic carbocycles. The van der Waals surface area contributed by atoms with Crippen molar-refractivity contribution in [2.75, 3.05) is 11.1 Å². The van der Waals surface area contributed by atoms with Crippen molar-refractivity contribution in [3.8, 4) is 0 Å². The van der Waals surface area contributed by atoms with E-state index in [4.69, 9.17) is 5.73 Å². The average Bonchev–Trinajstić information content (AvgIpc) is 3.15. The van der Waals surface area contributed by atoms with E-state index in [1.165, 1.54) is 11.3 Å². The van der Waals surface area contributed by atoms with Gasteiger partial charge < -0.3 is 5.73 Å². The van der Waals surface area contributed by atoms with Crippen LogP contribution in [-0.4, -0.2) is 15.9 Å². The topological polar surface area (TPSA) is 80.9 Å². The fraction of sp³-hybridized carbons (Fsp3) is 0.353. The summed E-state index contributed by atoms with van der Waals surface area (Å²) in [5.74, 6) is -0.573.